The van der Waals surface area contributed by atoms with Crippen molar-refractivity contribution in [3.8, 4) is 0 Å². The molecule has 1 aromatic carbocycles. The van der Waals surface area contributed by atoms with Gasteiger partial charge in [-0.2, -0.15) is 0 Å². The molecule has 0 saturated heterocycles. The van der Waals surface area contributed by atoms with Crippen molar-refractivity contribution in [3.63, 3.8) is 0 Å². The van der Waals surface area contributed by atoms with Gasteiger partial charge in [0.2, 0.25) is 10.0 Å². The molecule has 18 heavy (non-hydrogen) atoms. The predicted octanol–water partition coefficient (Wildman–Crippen LogP) is 1.68. The average molecular weight is 271 g/mol. The minimum atomic E-state index is -3.40. The molecular weight excluding hydrogens is 250 g/mol. The van der Waals surface area contributed by atoms with E-state index in [0.717, 1.165) is 18.4 Å². The Morgan fingerprint density at radius 3 is 2.72 bits per heavy atom. The molecule has 102 valence electrons. The summed E-state index contributed by atoms with van der Waals surface area (Å²) in [4.78, 5) is 0.303. The maximum Gasteiger partial charge on any atom is 0.240 e. The fourth-order valence-corrected chi connectivity index (χ4v) is 2.79. The number of aryl methyl sites for hydroxylation is 1. The number of hydrogen-bond acceptors (Lipinski definition) is 3. The van der Waals surface area contributed by atoms with E-state index in [1.807, 2.05) is 19.9 Å². The lowest BCUT2D eigenvalue weighted by Gasteiger charge is -2.09. The fraction of sp³-hybridized carbons (Fsp3) is 0.538. The zero-order valence-corrected chi connectivity index (χ0v) is 11.7. The Bertz CT molecular complexity index is 471. The molecule has 0 aliphatic carbocycles. The second-order valence-electron chi connectivity index (χ2n) is 4.64. The lowest BCUT2D eigenvalue weighted by molar-refractivity contribution is 0.228. The highest BCUT2D eigenvalue weighted by Gasteiger charge is 2.13. The van der Waals surface area contributed by atoms with Crippen LogP contribution >= 0.6 is 0 Å². The maximum absolute atomic E-state index is 11.9. The highest BCUT2D eigenvalue weighted by molar-refractivity contribution is 7.89. The van der Waals surface area contributed by atoms with Gasteiger partial charge in [0.05, 0.1) is 4.90 Å². The van der Waals surface area contributed by atoms with Crippen molar-refractivity contribution in [3.05, 3.63) is 29.8 Å². The Labute approximate surface area is 109 Å². The van der Waals surface area contributed by atoms with E-state index in [4.69, 9.17) is 5.11 Å². The summed E-state index contributed by atoms with van der Waals surface area (Å²) in [7, 11) is -3.40. The third-order valence-electron chi connectivity index (χ3n) is 2.78. The zero-order chi connectivity index (χ0) is 13.6. The van der Waals surface area contributed by atoms with Crippen LogP contribution in [0.25, 0.3) is 0 Å². The molecule has 0 amide bonds. The van der Waals surface area contributed by atoms with Crippen LogP contribution < -0.4 is 4.72 Å². The van der Waals surface area contributed by atoms with Gasteiger partial charge in [-0.1, -0.05) is 19.1 Å². The van der Waals surface area contributed by atoms with Crippen LogP contribution in [0, 0.1) is 12.8 Å². The molecule has 1 unspecified atom stereocenters. The van der Waals surface area contributed by atoms with Crippen LogP contribution in [0.4, 0.5) is 0 Å². The van der Waals surface area contributed by atoms with Crippen molar-refractivity contribution in [1.29, 1.82) is 0 Å². The quantitative estimate of drug-likeness (QED) is 0.742. The van der Waals surface area contributed by atoms with Gasteiger partial charge >= 0.3 is 0 Å². The molecule has 2 N–H and O–H groups in total. The predicted molar refractivity (Wildman–Crippen MR) is 71.9 cm³/mol. The number of sulfonamides is 1. The van der Waals surface area contributed by atoms with E-state index >= 15 is 0 Å². The van der Waals surface area contributed by atoms with Gasteiger partial charge in [-0.3, -0.25) is 0 Å². The summed E-state index contributed by atoms with van der Waals surface area (Å²) in [5.41, 5.74) is 0.923. The molecular formula is C13H21NO3S. The zero-order valence-electron chi connectivity index (χ0n) is 10.9. The van der Waals surface area contributed by atoms with E-state index in [-0.39, 0.29) is 12.5 Å². The van der Waals surface area contributed by atoms with E-state index in [1.165, 1.54) is 0 Å². The summed E-state index contributed by atoms with van der Waals surface area (Å²) in [6.07, 6.45) is 1.54. The van der Waals surface area contributed by atoms with Crippen molar-refractivity contribution in [2.45, 2.75) is 31.6 Å². The van der Waals surface area contributed by atoms with Crippen molar-refractivity contribution in [2.75, 3.05) is 13.2 Å². The first kappa shape index (κ1) is 15.1. The van der Waals surface area contributed by atoms with Crippen LogP contribution in [0.2, 0.25) is 0 Å². The van der Waals surface area contributed by atoms with E-state index < -0.39 is 10.0 Å². The standard InChI is InChI=1S/C13H21NO3S/c1-11-5-3-7-13(9-11)18(16,17)14-8-4-6-12(2)10-15/h3,5,7,9,12,14-15H,4,6,8,10H2,1-2H3. The van der Waals surface area contributed by atoms with E-state index in [2.05, 4.69) is 4.72 Å². The summed E-state index contributed by atoms with van der Waals surface area (Å²) < 4.78 is 26.4. The number of rotatable bonds is 7. The number of aliphatic hydroxyl groups is 1. The Balaban J connectivity index is 2.51. The van der Waals surface area contributed by atoms with Crippen molar-refractivity contribution >= 4 is 10.0 Å². The second-order valence-corrected chi connectivity index (χ2v) is 6.41. The average Bonchev–Trinajstić information content (AvgIpc) is 2.34. The minimum absolute atomic E-state index is 0.143. The molecule has 1 aromatic rings. The highest BCUT2D eigenvalue weighted by Crippen LogP contribution is 2.11. The van der Waals surface area contributed by atoms with Gasteiger partial charge in [-0.05, 0) is 43.4 Å². The van der Waals surface area contributed by atoms with Crippen LogP contribution in [0.15, 0.2) is 29.2 Å². The SMILES string of the molecule is Cc1cccc(S(=O)(=O)NCCCC(C)CO)c1. The largest absolute Gasteiger partial charge is 0.396 e. The molecule has 0 bridgehead atoms. The van der Waals surface area contributed by atoms with Gasteiger partial charge in [0.25, 0.3) is 0 Å². The minimum Gasteiger partial charge on any atom is -0.396 e. The number of benzene rings is 1. The maximum atomic E-state index is 11.9. The Morgan fingerprint density at radius 2 is 2.11 bits per heavy atom. The third kappa shape index (κ3) is 4.76. The Morgan fingerprint density at radius 1 is 1.39 bits per heavy atom. The van der Waals surface area contributed by atoms with Gasteiger partial charge in [0.15, 0.2) is 0 Å². The van der Waals surface area contributed by atoms with Gasteiger partial charge in [-0.25, -0.2) is 13.1 Å². The summed E-state index contributed by atoms with van der Waals surface area (Å²) in [5.74, 6) is 0.216. The third-order valence-corrected chi connectivity index (χ3v) is 4.24. The number of aliphatic hydroxyl groups excluding tert-OH is 1. The molecule has 0 aliphatic rings. The molecule has 4 nitrogen and oxygen atoms in total. The second kappa shape index (κ2) is 6.87. The lowest BCUT2D eigenvalue weighted by atomic mass is 10.1. The highest BCUT2D eigenvalue weighted by atomic mass is 32.2. The molecule has 0 heterocycles. The van der Waals surface area contributed by atoms with Crippen molar-refractivity contribution in [2.24, 2.45) is 5.92 Å². The molecule has 5 heteroatoms. The van der Waals surface area contributed by atoms with Gasteiger partial charge < -0.3 is 5.11 Å². The van der Waals surface area contributed by atoms with Crippen molar-refractivity contribution < 1.29 is 13.5 Å². The fourth-order valence-electron chi connectivity index (χ4n) is 1.61. The van der Waals surface area contributed by atoms with Gasteiger partial charge in [-0.15, -0.1) is 0 Å². The molecule has 0 spiro atoms. The smallest absolute Gasteiger partial charge is 0.240 e. The van der Waals surface area contributed by atoms with Crippen LogP contribution in [0.1, 0.15) is 25.3 Å². The van der Waals surface area contributed by atoms with Crippen molar-refractivity contribution in [1.82, 2.24) is 4.72 Å². The van der Waals surface area contributed by atoms with Gasteiger partial charge in [0.1, 0.15) is 0 Å². The summed E-state index contributed by atoms with van der Waals surface area (Å²) >= 11 is 0. The van der Waals surface area contributed by atoms with Crippen LogP contribution in [-0.4, -0.2) is 26.7 Å². The first-order valence-electron chi connectivity index (χ1n) is 6.13. The topological polar surface area (TPSA) is 66.4 Å². The van der Waals surface area contributed by atoms with E-state index in [1.54, 1.807) is 18.2 Å². The normalized spacial score (nSPS) is 13.5. The summed E-state index contributed by atoms with van der Waals surface area (Å²) in [6.45, 7) is 4.35. The van der Waals surface area contributed by atoms with E-state index in [0.29, 0.717) is 11.4 Å². The molecule has 0 radical (unpaired) electrons. The van der Waals surface area contributed by atoms with Crippen LogP contribution in [0.5, 0.6) is 0 Å². The van der Waals surface area contributed by atoms with Crippen LogP contribution in [-0.2, 0) is 10.0 Å². The Kier molecular flexibility index (Phi) is 5.78. The van der Waals surface area contributed by atoms with Gasteiger partial charge in [0, 0.05) is 13.2 Å². The molecule has 0 saturated carbocycles. The monoisotopic (exact) mass is 271 g/mol. The summed E-state index contributed by atoms with van der Waals surface area (Å²) in [5, 5.41) is 8.86. The summed E-state index contributed by atoms with van der Waals surface area (Å²) in [6, 6.07) is 6.84. The molecule has 0 aliphatic heterocycles. The number of nitrogens with one attached hydrogen (secondary N) is 1. The first-order chi connectivity index (χ1) is 8.45. The molecule has 0 fully saturated rings. The lowest BCUT2D eigenvalue weighted by Crippen LogP contribution is -2.25. The Hall–Kier alpha value is -0.910. The van der Waals surface area contributed by atoms with E-state index in [9.17, 15) is 8.42 Å². The molecule has 1 rings (SSSR count). The first-order valence-corrected chi connectivity index (χ1v) is 7.61. The number of hydrogen-bond donors (Lipinski definition) is 2. The molecule has 1 atom stereocenters. The van der Waals surface area contributed by atoms with Crippen LogP contribution in [0.3, 0.4) is 0 Å². The molecule has 0 aromatic heterocycles.